The monoisotopic (exact) mass is 453 g/mol. The number of carbonyl (C=O) groups excluding carboxylic acids is 2. The number of nitrogens with one attached hydrogen (secondary N) is 2. The van der Waals surface area contributed by atoms with Gasteiger partial charge >= 0.3 is 5.51 Å². The first-order chi connectivity index (χ1) is 14.3. The van der Waals surface area contributed by atoms with E-state index < -0.39 is 23.4 Å². The second-order valence-electron chi connectivity index (χ2n) is 5.97. The molecule has 0 aliphatic carbocycles. The van der Waals surface area contributed by atoms with Gasteiger partial charge in [0.2, 0.25) is 5.91 Å². The van der Waals surface area contributed by atoms with Gasteiger partial charge in [-0.2, -0.15) is 30.2 Å². The highest BCUT2D eigenvalue weighted by Crippen LogP contribution is 2.36. The van der Waals surface area contributed by atoms with Gasteiger partial charge in [-0.3, -0.25) is 9.59 Å². The summed E-state index contributed by atoms with van der Waals surface area (Å²) in [6, 6.07) is 15.3. The molecule has 1 atom stereocenters. The van der Waals surface area contributed by atoms with Crippen molar-refractivity contribution in [3.63, 3.8) is 0 Å². The number of alkyl halides is 3. The molecule has 2 rings (SSSR count). The Morgan fingerprint density at radius 3 is 2.33 bits per heavy atom. The molecule has 0 aliphatic rings. The number of rotatable bonds is 9. The predicted octanol–water partition coefficient (Wildman–Crippen LogP) is 3.97. The van der Waals surface area contributed by atoms with Crippen LogP contribution in [-0.4, -0.2) is 35.7 Å². The van der Waals surface area contributed by atoms with E-state index >= 15 is 0 Å². The molecule has 158 valence electrons. The minimum absolute atomic E-state index is 0.0973. The van der Waals surface area contributed by atoms with Crippen molar-refractivity contribution in [1.82, 2.24) is 10.6 Å². The number of thioether (sulfide) groups is 2. The molecule has 0 aliphatic heterocycles. The molecule has 2 aromatic carbocycles. The van der Waals surface area contributed by atoms with Crippen LogP contribution in [0.25, 0.3) is 0 Å². The van der Waals surface area contributed by atoms with Crippen LogP contribution in [0.1, 0.15) is 15.9 Å². The van der Waals surface area contributed by atoms with E-state index in [2.05, 4.69) is 10.6 Å². The standard InChI is InChI=1S/C20H18F3N3O2S2/c21-20(22,23)30-16-8-6-14(7-9-16)12-29-13-17(19(28)25-11-10-24)26-18(27)15-4-2-1-3-5-15/h1-9,17H,11-13H2,(H,25,28)(H,26,27). The van der Waals surface area contributed by atoms with Crippen molar-refractivity contribution in [2.24, 2.45) is 0 Å². The van der Waals surface area contributed by atoms with Crippen molar-refractivity contribution in [2.75, 3.05) is 12.3 Å². The summed E-state index contributed by atoms with van der Waals surface area (Å²) in [4.78, 5) is 24.7. The number of hydrogen-bond acceptors (Lipinski definition) is 5. The largest absolute Gasteiger partial charge is 0.446 e. The number of carbonyl (C=O) groups is 2. The zero-order chi connectivity index (χ0) is 22.0. The summed E-state index contributed by atoms with van der Waals surface area (Å²) in [5.41, 5.74) is -3.15. The highest BCUT2D eigenvalue weighted by Gasteiger charge is 2.29. The highest BCUT2D eigenvalue weighted by molar-refractivity contribution is 8.00. The number of nitrogens with zero attached hydrogens (tertiary/aromatic N) is 1. The summed E-state index contributed by atoms with van der Waals surface area (Å²) in [6.07, 6.45) is 0. The number of halogens is 3. The van der Waals surface area contributed by atoms with E-state index in [9.17, 15) is 22.8 Å². The molecule has 0 heterocycles. The van der Waals surface area contributed by atoms with Crippen LogP contribution in [0.2, 0.25) is 0 Å². The van der Waals surface area contributed by atoms with Gasteiger partial charge in [0.25, 0.3) is 5.91 Å². The van der Waals surface area contributed by atoms with Crippen molar-refractivity contribution < 1.29 is 22.8 Å². The highest BCUT2D eigenvalue weighted by atomic mass is 32.2. The SMILES string of the molecule is N#CCNC(=O)C(CSCc1ccc(SC(F)(F)F)cc1)NC(=O)c1ccccc1. The molecule has 0 radical (unpaired) electrons. The van der Waals surface area contributed by atoms with Crippen LogP contribution < -0.4 is 10.6 Å². The molecule has 30 heavy (non-hydrogen) atoms. The number of amides is 2. The Morgan fingerprint density at radius 1 is 1.07 bits per heavy atom. The average molecular weight is 454 g/mol. The van der Waals surface area contributed by atoms with Crippen LogP contribution in [0, 0.1) is 11.3 Å². The summed E-state index contributed by atoms with van der Waals surface area (Å²) in [5, 5.41) is 13.7. The Bertz CT molecular complexity index is 885. The molecule has 10 heteroatoms. The fraction of sp³-hybridized carbons (Fsp3) is 0.250. The minimum Gasteiger partial charge on any atom is -0.341 e. The number of benzene rings is 2. The molecule has 2 aromatic rings. The molecule has 0 spiro atoms. The second-order valence-corrected chi connectivity index (χ2v) is 8.14. The number of nitriles is 1. The lowest BCUT2D eigenvalue weighted by Gasteiger charge is -2.17. The third-order valence-corrected chi connectivity index (χ3v) is 5.56. The molecule has 0 saturated carbocycles. The van der Waals surface area contributed by atoms with E-state index in [1.165, 1.54) is 23.9 Å². The van der Waals surface area contributed by atoms with E-state index in [0.717, 1.165) is 5.56 Å². The molecule has 0 saturated heterocycles. The molecule has 1 unspecified atom stereocenters. The topological polar surface area (TPSA) is 82.0 Å². The van der Waals surface area contributed by atoms with Crippen LogP contribution in [0.3, 0.4) is 0 Å². The summed E-state index contributed by atoms with van der Waals surface area (Å²) in [6.45, 7) is -0.181. The van der Waals surface area contributed by atoms with E-state index in [-0.39, 0.29) is 29.0 Å². The van der Waals surface area contributed by atoms with Gasteiger partial charge in [0.05, 0.1) is 6.07 Å². The molecular weight excluding hydrogens is 435 g/mol. The maximum atomic E-state index is 12.4. The van der Waals surface area contributed by atoms with Gasteiger partial charge in [-0.25, -0.2) is 0 Å². The molecule has 0 fully saturated rings. The van der Waals surface area contributed by atoms with Crippen LogP contribution in [0.4, 0.5) is 13.2 Å². The Kier molecular flexibility index (Phi) is 9.08. The normalized spacial score (nSPS) is 11.9. The van der Waals surface area contributed by atoms with E-state index in [0.29, 0.717) is 11.3 Å². The van der Waals surface area contributed by atoms with Crippen molar-refractivity contribution >= 4 is 35.3 Å². The smallest absolute Gasteiger partial charge is 0.341 e. The first-order valence-electron chi connectivity index (χ1n) is 8.71. The fourth-order valence-electron chi connectivity index (χ4n) is 2.35. The van der Waals surface area contributed by atoms with E-state index in [4.69, 9.17) is 5.26 Å². The van der Waals surface area contributed by atoms with Crippen molar-refractivity contribution in [3.8, 4) is 6.07 Å². The van der Waals surface area contributed by atoms with Crippen LogP contribution in [0.5, 0.6) is 0 Å². The van der Waals surface area contributed by atoms with Crippen LogP contribution >= 0.6 is 23.5 Å². The number of hydrogen-bond donors (Lipinski definition) is 2. The molecular formula is C20H18F3N3O2S2. The third-order valence-electron chi connectivity index (χ3n) is 3.71. The van der Waals surface area contributed by atoms with Crippen molar-refractivity contribution in [3.05, 3.63) is 65.7 Å². The van der Waals surface area contributed by atoms with Gasteiger partial charge in [0.15, 0.2) is 0 Å². The summed E-state index contributed by atoms with van der Waals surface area (Å²) in [7, 11) is 0. The van der Waals surface area contributed by atoms with E-state index in [1.54, 1.807) is 42.5 Å². The molecule has 5 nitrogen and oxygen atoms in total. The first-order valence-corrected chi connectivity index (χ1v) is 10.7. The first kappa shape index (κ1) is 23.6. The molecule has 0 aromatic heterocycles. The van der Waals surface area contributed by atoms with Gasteiger partial charge in [0.1, 0.15) is 12.6 Å². The van der Waals surface area contributed by atoms with Gasteiger partial charge in [-0.05, 0) is 41.6 Å². The van der Waals surface area contributed by atoms with Gasteiger partial charge in [-0.15, -0.1) is 0 Å². The van der Waals surface area contributed by atoms with Crippen LogP contribution in [0.15, 0.2) is 59.5 Å². The Hall–Kier alpha value is -2.64. The van der Waals surface area contributed by atoms with E-state index in [1.807, 2.05) is 6.07 Å². The zero-order valence-corrected chi connectivity index (χ0v) is 17.2. The maximum absolute atomic E-state index is 12.4. The lowest BCUT2D eigenvalue weighted by molar-refractivity contribution is -0.122. The summed E-state index contributed by atoms with van der Waals surface area (Å²) in [5.74, 6) is -0.221. The molecule has 0 bridgehead atoms. The average Bonchev–Trinajstić information content (AvgIpc) is 2.72. The Balaban J connectivity index is 1.94. The summed E-state index contributed by atoms with van der Waals surface area (Å²) < 4.78 is 37.2. The van der Waals surface area contributed by atoms with Crippen molar-refractivity contribution in [1.29, 1.82) is 5.26 Å². The van der Waals surface area contributed by atoms with Crippen LogP contribution in [-0.2, 0) is 10.5 Å². The van der Waals surface area contributed by atoms with Gasteiger partial charge < -0.3 is 10.6 Å². The lowest BCUT2D eigenvalue weighted by atomic mass is 10.2. The van der Waals surface area contributed by atoms with Crippen molar-refractivity contribution in [2.45, 2.75) is 22.2 Å². The Labute approximate surface area is 180 Å². The quantitative estimate of drug-likeness (QED) is 0.444. The second kappa shape index (κ2) is 11.5. The fourth-order valence-corrected chi connectivity index (χ4v) is 3.90. The third kappa shape index (κ3) is 8.39. The zero-order valence-electron chi connectivity index (χ0n) is 15.6. The lowest BCUT2D eigenvalue weighted by Crippen LogP contribution is -2.48. The predicted molar refractivity (Wildman–Crippen MR) is 111 cm³/mol. The molecule has 2 N–H and O–H groups in total. The Morgan fingerprint density at radius 2 is 1.73 bits per heavy atom. The maximum Gasteiger partial charge on any atom is 0.446 e. The van der Waals surface area contributed by atoms with Gasteiger partial charge in [0, 0.05) is 22.0 Å². The minimum atomic E-state index is -4.34. The molecule has 2 amide bonds. The summed E-state index contributed by atoms with van der Waals surface area (Å²) >= 11 is 1.17. The van der Waals surface area contributed by atoms with Gasteiger partial charge in [-0.1, -0.05) is 30.3 Å².